The van der Waals surface area contributed by atoms with Crippen molar-refractivity contribution in [1.82, 2.24) is 20.6 Å². The summed E-state index contributed by atoms with van der Waals surface area (Å²) in [5.74, 6) is 2.05. The van der Waals surface area contributed by atoms with Crippen molar-refractivity contribution in [3.05, 3.63) is 60.4 Å². The Morgan fingerprint density at radius 1 is 0.944 bits per heavy atom. The highest BCUT2D eigenvalue weighted by molar-refractivity contribution is 6.00. The van der Waals surface area contributed by atoms with E-state index in [1.807, 2.05) is 24.3 Å². The van der Waals surface area contributed by atoms with Crippen LogP contribution in [0.3, 0.4) is 0 Å². The molecule has 4 N–H and O–H groups in total. The van der Waals surface area contributed by atoms with E-state index in [0.717, 1.165) is 70.4 Å². The van der Waals surface area contributed by atoms with Gasteiger partial charge in [-0.3, -0.25) is 0 Å². The number of phenols is 1. The van der Waals surface area contributed by atoms with E-state index in [9.17, 15) is 10.2 Å². The molecule has 3 fully saturated rings. The highest BCUT2D eigenvalue weighted by Crippen LogP contribution is 2.36. The van der Waals surface area contributed by atoms with Gasteiger partial charge in [0.25, 0.3) is 0 Å². The zero-order valence-electron chi connectivity index (χ0n) is 20.2. The Morgan fingerprint density at radius 2 is 1.75 bits per heavy atom. The lowest BCUT2D eigenvalue weighted by molar-refractivity contribution is 0.0616. The fourth-order valence-corrected chi connectivity index (χ4v) is 6.14. The Bertz CT molecular complexity index is 1440. The lowest BCUT2D eigenvalue weighted by Crippen LogP contribution is -2.51. The molecule has 2 saturated heterocycles. The largest absolute Gasteiger partial charge is 0.508 e. The first kappa shape index (κ1) is 22.0. The lowest BCUT2D eigenvalue weighted by atomic mass is 9.89. The molecule has 0 amide bonds. The zero-order chi connectivity index (χ0) is 24.2. The van der Waals surface area contributed by atoms with Gasteiger partial charge in [-0.15, -0.1) is 0 Å². The summed E-state index contributed by atoms with van der Waals surface area (Å²) in [5.41, 5.74) is 2.94. The van der Waals surface area contributed by atoms with Crippen molar-refractivity contribution in [3.8, 4) is 16.9 Å². The highest BCUT2D eigenvalue weighted by atomic mass is 16.3. The molecule has 1 aliphatic carbocycles. The minimum atomic E-state index is -0.188. The number of aromatic hydroxyl groups is 1. The van der Waals surface area contributed by atoms with Crippen LogP contribution in [0.25, 0.3) is 32.8 Å². The molecule has 4 aromatic rings. The van der Waals surface area contributed by atoms with Gasteiger partial charge < -0.3 is 25.7 Å². The number of benzene rings is 3. The maximum absolute atomic E-state index is 10.4. The second kappa shape index (κ2) is 8.69. The van der Waals surface area contributed by atoms with Crippen molar-refractivity contribution < 1.29 is 10.2 Å². The maximum atomic E-state index is 10.4. The van der Waals surface area contributed by atoms with E-state index < -0.39 is 0 Å². The van der Waals surface area contributed by atoms with Crippen molar-refractivity contribution >= 4 is 27.5 Å². The predicted octanol–water partition coefficient (Wildman–Crippen LogP) is 3.71. The molecule has 3 heterocycles. The molecule has 0 radical (unpaired) electrons. The van der Waals surface area contributed by atoms with Gasteiger partial charge in [0, 0.05) is 36.6 Å². The van der Waals surface area contributed by atoms with Gasteiger partial charge >= 0.3 is 0 Å². The van der Waals surface area contributed by atoms with E-state index >= 15 is 0 Å². The number of nitrogens with zero attached hydrogens (tertiary/aromatic N) is 3. The molecule has 184 valence electrons. The molecular weight excluding hydrogens is 450 g/mol. The van der Waals surface area contributed by atoms with Crippen molar-refractivity contribution in [2.45, 2.75) is 56.5 Å². The van der Waals surface area contributed by atoms with Gasteiger partial charge in [0.2, 0.25) is 0 Å². The summed E-state index contributed by atoms with van der Waals surface area (Å²) in [6, 6.07) is 19.6. The first-order chi connectivity index (χ1) is 17.6. The van der Waals surface area contributed by atoms with Gasteiger partial charge in [-0.2, -0.15) is 0 Å². The van der Waals surface area contributed by atoms with Crippen LogP contribution in [0.2, 0.25) is 0 Å². The predicted molar refractivity (Wildman–Crippen MR) is 142 cm³/mol. The number of phenolic OH excluding ortho intramolecular Hbond substituents is 1. The van der Waals surface area contributed by atoms with Gasteiger partial charge in [0.05, 0.1) is 18.2 Å². The summed E-state index contributed by atoms with van der Waals surface area (Å²) in [6.07, 6.45) is 3.83. The normalized spacial score (nSPS) is 25.4. The maximum Gasteiger partial charge on any atom is 0.145 e. The fourth-order valence-electron chi connectivity index (χ4n) is 6.14. The van der Waals surface area contributed by atoms with Gasteiger partial charge in [-0.05, 0) is 71.8 Å². The molecule has 2 atom stereocenters. The quantitative estimate of drug-likeness (QED) is 0.345. The third-order valence-electron chi connectivity index (χ3n) is 8.06. The molecule has 36 heavy (non-hydrogen) atoms. The number of anilines is 1. The summed E-state index contributed by atoms with van der Waals surface area (Å²) in [7, 11) is 0. The summed E-state index contributed by atoms with van der Waals surface area (Å²) in [5, 5.41) is 30.5. The minimum Gasteiger partial charge on any atom is -0.508 e. The molecule has 7 nitrogen and oxygen atoms in total. The average molecular weight is 482 g/mol. The SMILES string of the molecule is Oc1cc(-c2ccc3c(N4C[C@H]5CC[C@@H](C4)N5)nc(CNC4CC(O)C4)nc3c2)c2ccccc2c1. The third kappa shape index (κ3) is 3.97. The Kier molecular flexibility index (Phi) is 5.31. The Labute approximate surface area is 210 Å². The molecule has 2 bridgehead atoms. The van der Waals surface area contributed by atoms with Crippen LogP contribution < -0.4 is 15.5 Å². The number of hydrogen-bond donors (Lipinski definition) is 4. The Hall–Kier alpha value is -3.26. The van der Waals surface area contributed by atoms with E-state index in [-0.39, 0.29) is 11.9 Å². The third-order valence-corrected chi connectivity index (χ3v) is 8.06. The van der Waals surface area contributed by atoms with Gasteiger partial charge in [0.15, 0.2) is 0 Å². The first-order valence-corrected chi connectivity index (χ1v) is 13.0. The van der Waals surface area contributed by atoms with Gasteiger partial charge in [0.1, 0.15) is 17.4 Å². The summed E-state index contributed by atoms with van der Waals surface area (Å²) < 4.78 is 0. The lowest BCUT2D eigenvalue weighted by Gasteiger charge is -2.35. The van der Waals surface area contributed by atoms with Crippen molar-refractivity contribution in [1.29, 1.82) is 0 Å². The molecule has 7 rings (SSSR count). The highest BCUT2D eigenvalue weighted by Gasteiger charge is 2.33. The molecule has 2 aliphatic heterocycles. The number of rotatable bonds is 5. The van der Waals surface area contributed by atoms with Crippen LogP contribution >= 0.6 is 0 Å². The summed E-state index contributed by atoms with van der Waals surface area (Å²) in [6.45, 7) is 2.51. The zero-order valence-corrected chi connectivity index (χ0v) is 20.2. The van der Waals surface area contributed by atoms with E-state index in [4.69, 9.17) is 9.97 Å². The van der Waals surface area contributed by atoms with Crippen LogP contribution in [0.5, 0.6) is 5.75 Å². The second-order valence-corrected chi connectivity index (χ2v) is 10.7. The molecule has 0 unspecified atom stereocenters. The van der Waals surface area contributed by atoms with E-state index in [1.54, 1.807) is 6.07 Å². The number of fused-ring (bicyclic) bond motifs is 4. The molecule has 1 saturated carbocycles. The van der Waals surface area contributed by atoms with E-state index in [1.165, 1.54) is 12.8 Å². The van der Waals surface area contributed by atoms with Crippen molar-refractivity contribution in [2.75, 3.05) is 18.0 Å². The van der Waals surface area contributed by atoms with Crippen molar-refractivity contribution in [3.63, 3.8) is 0 Å². The van der Waals surface area contributed by atoms with Crippen LogP contribution in [-0.4, -0.2) is 57.5 Å². The monoisotopic (exact) mass is 481 g/mol. The van der Waals surface area contributed by atoms with Crippen LogP contribution in [-0.2, 0) is 6.54 Å². The number of nitrogens with one attached hydrogen (secondary N) is 2. The molecule has 3 aromatic carbocycles. The topological polar surface area (TPSA) is 93.5 Å². The van der Waals surface area contributed by atoms with E-state index in [0.29, 0.717) is 24.7 Å². The number of aliphatic hydroxyl groups excluding tert-OH is 1. The number of hydrogen-bond acceptors (Lipinski definition) is 7. The molecular formula is C29H31N5O2. The van der Waals surface area contributed by atoms with Crippen molar-refractivity contribution in [2.24, 2.45) is 0 Å². The molecule has 0 spiro atoms. The van der Waals surface area contributed by atoms with Crippen LogP contribution in [0.15, 0.2) is 54.6 Å². The second-order valence-electron chi connectivity index (χ2n) is 10.7. The number of aromatic nitrogens is 2. The number of piperazine rings is 1. The summed E-state index contributed by atoms with van der Waals surface area (Å²) in [4.78, 5) is 12.5. The van der Waals surface area contributed by atoms with Gasteiger partial charge in [-0.25, -0.2) is 9.97 Å². The number of aliphatic hydroxyl groups is 1. The molecule has 1 aromatic heterocycles. The standard InChI is InChI=1S/C29H31N5O2/c35-22-9-17-3-1-2-4-24(17)26(13-22)18-5-8-25-27(10-18)32-28(14-30-21-11-23(36)12-21)33-29(25)34-15-19-6-7-20(16-34)31-19/h1-5,8-10,13,19-21,23,30-31,35-36H,6-7,11-12,14-16H2/t19-,20+,21?,23?. The fraction of sp³-hybridized carbons (Fsp3) is 0.379. The molecule has 7 heteroatoms. The molecule has 3 aliphatic rings. The van der Waals surface area contributed by atoms with Crippen LogP contribution in [0.1, 0.15) is 31.5 Å². The Balaban J connectivity index is 1.32. The van der Waals surface area contributed by atoms with Crippen LogP contribution in [0, 0.1) is 0 Å². The Morgan fingerprint density at radius 3 is 2.56 bits per heavy atom. The van der Waals surface area contributed by atoms with E-state index in [2.05, 4.69) is 39.8 Å². The smallest absolute Gasteiger partial charge is 0.145 e. The summed E-state index contributed by atoms with van der Waals surface area (Å²) >= 11 is 0. The first-order valence-electron chi connectivity index (χ1n) is 13.0. The average Bonchev–Trinajstić information content (AvgIpc) is 3.21. The minimum absolute atomic E-state index is 0.188. The van der Waals surface area contributed by atoms with Gasteiger partial charge in [-0.1, -0.05) is 30.3 Å². The van der Waals surface area contributed by atoms with Crippen LogP contribution in [0.4, 0.5) is 5.82 Å².